The summed E-state index contributed by atoms with van der Waals surface area (Å²) in [6, 6.07) is 7.57. The molecule has 0 radical (unpaired) electrons. The summed E-state index contributed by atoms with van der Waals surface area (Å²) in [6.07, 6.45) is 7.89. The van der Waals surface area contributed by atoms with Crippen LogP contribution in [0, 0.1) is 5.92 Å². The van der Waals surface area contributed by atoms with E-state index in [-0.39, 0.29) is 5.91 Å². The number of aldehydes is 1. The Balaban J connectivity index is 1.95. The van der Waals surface area contributed by atoms with E-state index in [1.165, 1.54) is 12.8 Å². The predicted molar refractivity (Wildman–Crippen MR) is 74.5 cm³/mol. The lowest BCUT2D eigenvalue weighted by molar-refractivity contribution is 0.0886. The van der Waals surface area contributed by atoms with Crippen LogP contribution in [0.15, 0.2) is 30.5 Å². The van der Waals surface area contributed by atoms with Gasteiger partial charge in [-0.2, -0.15) is 0 Å². The highest BCUT2D eigenvalue weighted by molar-refractivity contribution is 6.02. The molecule has 0 unspecified atom stereocenters. The number of carbonyl (C=O) groups is 2. The molecule has 3 rings (SSSR count). The molecular weight excluding hydrogens is 238 g/mol. The van der Waals surface area contributed by atoms with Gasteiger partial charge in [0, 0.05) is 23.6 Å². The van der Waals surface area contributed by atoms with Gasteiger partial charge in [0.1, 0.15) is 0 Å². The van der Waals surface area contributed by atoms with Crippen LogP contribution in [0.1, 0.15) is 47.3 Å². The molecule has 0 saturated heterocycles. The van der Waals surface area contributed by atoms with Gasteiger partial charge < -0.3 is 0 Å². The molecule has 1 aromatic carbocycles. The fourth-order valence-corrected chi connectivity index (χ4v) is 3.07. The minimum Gasteiger partial charge on any atom is -0.298 e. The Bertz CT molecular complexity index is 621. The third-order valence-corrected chi connectivity index (χ3v) is 4.08. The molecule has 0 amide bonds. The molecule has 0 N–H and O–H groups in total. The normalized spacial score (nSPS) is 16.0. The van der Waals surface area contributed by atoms with Crippen LogP contribution in [0.3, 0.4) is 0 Å². The van der Waals surface area contributed by atoms with Gasteiger partial charge in [-0.1, -0.05) is 31.0 Å². The molecule has 0 bridgehead atoms. The minimum absolute atomic E-state index is 0.108. The molecule has 1 heterocycles. The van der Waals surface area contributed by atoms with Crippen molar-refractivity contribution in [2.24, 2.45) is 5.92 Å². The van der Waals surface area contributed by atoms with Crippen LogP contribution in [-0.4, -0.2) is 16.8 Å². The van der Waals surface area contributed by atoms with Gasteiger partial charge in [-0.3, -0.25) is 14.2 Å². The van der Waals surface area contributed by atoms with Gasteiger partial charge in [-0.25, -0.2) is 0 Å². The Kier molecular flexibility index (Phi) is 3.20. The summed E-state index contributed by atoms with van der Waals surface area (Å²) < 4.78 is 1.65. The molecule has 1 fully saturated rings. The molecule has 3 nitrogen and oxygen atoms in total. The van der Waals surface area contributed by atoms with E-state index in [9.17, 15) is 9.59 Å². The van der Waals surface area contributed by atoms with Gasteiger partial charge in [0.25, 0.3) is 0 Å². The van der Waals surface area contributed by atoms with Crippen molar-refractivity contribution in [3.05, 3.63) is 36.0 Å². The number of para-hydroxylation sites is 1. The third kappa shape index (κ3) is 2.21. The van der Waals surface area contributed by atoms with Crippen LogP contribution in [0.5, 0.6) is 0 Å². The number of nitrogens with zero attached hydrogens (tertiary/aromatic N) is 1. The molecule has 1 aliphatic rings. The van der Waals surface area contributed by atoms with Crippen molar-refractivity contribution >= 4 is 23.1 Å². The maximum absolute atomic E-state index is 12.4. The SMILES string of the molecule is O=Cc1cn(C(=O)CC2CCCC2)c2ccccc12. The topological polar surface area (TPSA) is 39.1 Å². The lowest BCUT2D eigenvalue weighted by atomic mass is 10.0. The highest BCUT2D eigenvalue weighted by atomic mass is 16.2. The zero-order valence-corrected chi connectivity index (χ0v) is 10.8. The average Bonchev–Trinajstić information content (AvgIpc) is 3.05. The zero-order chi connectivity index (χ0) is 13.2. The van der Waals surface area contributed by atoms with Crippen LogP contribution in [0.2, 0.25) is 0 Å². The molecule has 2 aromatic rings. The molecule has 1 aliphatic carbocycles. The van der Waals surface area contributed by atoms with E-state index >= 15 is 0 Å². The fourth-order valence-electron chi connectivity index (χ4n) is 3.07. The van der Waals surface area contributed by atoms with Crippen molar-refractivity contribution in [1.82, 2.24) is 4.57 Å². The number of aromatic nitrogens is 1. The number of rotatable bonds is 3. The summed E-state index contributed by atoms with van der Waals surface area (Å²) in [4.78, 5) is 23.5. The summed E-state index contributed by atoms with van der Waals surface area (Å²) in [7, 11) is 0. The largest absolute Gasteiger partial charge is 0.298 e. The van der Waals surface area contributed by atoms with E-state index in [1.54, 1.807) is 10.8 Å². The molecule has 0 aliphatic heterocycles. The Morgan fingerprint density at radius 3 is 2.74 bits per heavy atom. The van der Waals surface area contributed by atoms with E-state index in [0.29, 0.717) is 17.9 Å². The van der Waals surface area contributed by atoms with E-state index < -0.39 is 0 Å². The molecule has 19 heavy (non-hydrogen) atoms. The molecule has 98 valence electrons. The highest BCUT2D eigenvalue weighted by Crippen LogP contribution is 2.29. The van der Waals surface area contributed by atoms with Crippen LogP contribution in [0.4, 0.5) is 0 Å². The predicted octanol–water partition coefficient (Wildman–Crippen LogP) is 3.67. The number of carbonyl (C=O) groups excluding carboxylic acids is 2. The lowest BCUT2D eigenvalue weighted by Gasteiger charge is -2.09. The average molecular weight is 255 g/mol. The first-order valence-corrected chi connectivity index (χ1v) is 6.88. The molecule has 1 saturated carbocycles. The van der Waals surface area contributed by atoms with Gasteiger partial charge in [0.2, 0.25) is 5.91 Å². The second-order valence-corrected chi connectivity index (χ2v) is 5.34. The van der Waals surface area contributed by atoms with Crippen molar-refractivity contribution in [2.75, 3.05) is 0 Å². The monoisotopic (exact) mass is 255 g/mol. The van der Waals surface area contributed by atoms with Crippen LogP contribution in [0.25, 0.3) is 10.9 Å². The van der Waals surface area contributed by atoms with Crippen molar-refractivity contribution in [1.29, 1.82) is 0 Å². The van der Waals surface area contributed by atoms with E-state index in [2.05, 4.69) is 0 Å². The van der Waals surface area contributed by atoms with E-state index in [0.717, 1.165) is 30.0 Å². The quantitative estimate of drug-likeness (QED) is 0.785. The smallest absolute Gasteiger partial charge is 0.231 e. The Hall–Kier alpha value is -1.90. The summed E-state index contributed by atoms with van der Waals surface area (Å²) in [5, 5.41) is 0.859. The van der Waals surface area contributed by atoms with Crippen molar-refractivity contribution in [3.8, 4) is 0 Å². The van der Waals surface area contributed by atoms with Crippen LogP contribution < -0.4 is 0 Å². The van der Waals surface area contributed by atoms with Gasteiger partial charge in [-0.05, 0) is 24.8 Å². The van der Waals surface area contributed by atoms with Crippen molar-refractivity contribution in [3.63, 3.8) is 0 Å². The summed E-state index contributed by atoms with van der Waals surface area (Å²) in [5.41, 5.74) is 1.43. The third-order valence-electron chi connectivity index (χ3n) is 4.08. The molecule has 0 atom stereocenters. The Morgan fingerprint density at radius 2 is 2.00 bits per heavy atom. The Morgan fingerprint density at radius 1 is 1.26 bits per heavy atom. The number of hydrogen-bond acceptors (Lipinski definition) is 2. The first kappa shape index (κ1) is 12.2. The number of fused-ring (bicyclic) bond motifs is 1. The molecular formula is C16H17NO2. The molecule has 3 heteroatoms. The second kappa shape index (κ2) is 5.00. The van der Waals surface area contributed by atoms with Gasteiger partial charge in [0.05, 0.1) is 5.52 Å². The molecule has 0 spiro atoms. The highest BCUT2D eigenvalue weighted by Gasteiger charge is 2.20. The second-order valence-electron chi connectivity index (χ2n) is 5.34. The maximum Gasteiger partial charge on any atom is 0.231 e. The standard InChI is InChI=1S/C16H17NO2/c18-11-13-10-17(15-8-4-3-7-14(13)15)16(19)9-12-5-1-2-6-12/h3-4,7-8,10-12H,1-2,5-6,9H2. The lowest BCUT2D eigenvalue weighted by Crippen LogP contribution is -2.13. The van der Waals surface area contributed by atoms with Crippen LogP contribution >= 0.6 is 0 Å². The number of hydrogen-bond donors (Lipinski definition) is 0. The minimum atomic E-state index is 0.108. The molecule has 1 aromatic heterocycles. The Labute approximate surface area is 112 Å². The van der Waals surface area contributed by atoms with Gasteiger partial charge in [-0.15, -0.1) is 0 Å². The van der Waals surface area contributed by atoms with Crippen molar-refractivity contribution < 1.29 is 9.59 Å². The summed E-state index contributed by atoms with van der Waals surface area (Å²) in [5.74, 6) is 0.629. The number of benzene rings is 1. The van der Waals surface area contributed by atoms with Crippen molar-refractivity contribution in [2.45, 2.75) is 32.1 Å². The van der Waals surface area contributed by atoms with Gasteiger partial charge >= 0.3 is 0 Å². The fraction of sp³-hybridized carbons (Fsp3) is 0.375. The van der Waals surface area contributed by atoms with E-state index in [1.807, 2.05) is 24.3 Å². The van der Waals surface area contributed by atoms with Crippen LogP contribution in [-0.2, 0) is 0 Å². The van der Waals surface area contributed by atoms with E-state index in [4.69, 9.17) is 0 Å². The first-order chi connectivity index (χ1) is 9.29. The maximum atomic E-state index is 12.4. The summed E-state index contributed by atoms with van der Waals surface area (Å²) >= 11 is 0. The van der Waals surface area contributed by atoms with Gasteiger partial charge in [0.15, 0.2) is 6.29 Å². The zero-order valence-electron chi connectivity index (χ0n) is 10.8. The summed E-state index contributed by atoms with van der Waals surface area (Å²) in [6.45, 7) is 0. The first-order valence-electron chi connectivity index (χ1n) is 6.88.